The van der Waals surface area contributed by atoms with Crippen molar-refractivity contribution in [2.24, 2.45) is 0 Å². The predicted molar refractivity (Wildman–Crippen MR) is 87.2 cm³/mol. The van der Waals surface area contributed by atoms with Gasteiger partial charge in [0.1, 0.15) is 6.54 Å². The molecule has 0 bridgehead atoms. The van der Waals surface area contributed by atoms with Crippen LogP contribution in [0.25, 0.3) is 0 Å². The smallest absolute Gasteiger partial charge is 0.326 e. The number of benzene rings is 1. The number of carbonyl (C=O) groups is 2. The normalized spacial score (nSPS) is 11.7. The minimum atomic E-state index is -0.916. The minimum Gasteiger partial charge on any atom is -0.451 e. The van der Waals surface area contributed by atoms with Crippen LogP contribution in [0.1, 0.15) is 18.2 Å². The van der Waals surface area contributed by atoms with Crippen LogP contribution in [-0.4, -0.2) is 22.5 Å². The Balaban J connectivity index is 1.83. The fourth-order valence-corrected chi connectivity index (χ4v) is 2.68. The molecule has 0 fully saturated rings. The molecule has 2 rings (SSSR count). The SMILES string of the molecule is Cc1csc(=O)n1CC(=O)OC(C)C(=O)NCc1ccccc1. The summed E-state index contributed by atoms with van der Waals surface area (Å²) in [4.78, 5) is 35.1. The highest BCUT2D eigenvalue weighted by molar-refractivity contribution is 7.07. The molecule has 1 aromatic heterocycles. The van der Waals surface area contributed by atoms with E-state index in [-0.39, 0.29) is 17.3 Å². The van der Waals surface area contributed by atoms with Gasteiger partial charge in [0.2, 0.25) is 0 Å². The summed E-state index contributed by atoms with van der Waals surface area (Å²) < 4.78 is 6.40. The van der Waals surface area contributed by atoms with Crippen molar-refractivity contribution < 1.29 is 14.3 Å². The molecule has 1 heterocycles. The van der Waals surface area contributed by atoms with E-state index < -0.39 is 12.1 Å². The maximum absolute atomic E-state index is 11.9. The second-order valence-electron chi connectivity index (χ2n) is 5.06. The Morgan fingerprint density at radius 3 is 2.61 bits per heavy atom. The quantitative estimate of drug-likeness (QED) is 0.812. The summed E-state index contributed by atoms with van der Waals surface area (Å²) in [5.74, 6) is -0.993. The third-order valence-electron chi connectivity index (χ3n) is 3.25. The van der Waals surface area contributed by atoms with E-state index >= 15 is 0 Å². The highest BCUT2D eigenvalue weighted by Gasteiger charge is 2.18. The van der Waals surface area contributed by atoms with E-state index in [1.54, 1.807) is 12.3 Å². The molecule has 0 aliphatic rings. The van der Waals surface area contributed by atoms with Crippen molar-refractivity contribution in [3.05, 3.63) is 56.6 Å². The van der Waals surface area contributed by atoms with Crippen molar-refractivity contribution in [1.29, 1.82) is 0 Å². The molecular weight excluding hydrogens is 316 g/mol. The number of thiazole rings is 1. The first-order valence-electron chi connectivity index (χ1n) is 7.13. The van der Waals surface area contributed by atoms with Gasteiger partial charge in [-0.1, -0.05) is 41.7 Å². The standard InChI is InChI=1S/C16H18N2O4S/c1-11-10-23-16(21)18(11)9-14(19)22-12(2)15(20)17-8-13-6-4-3-5-7-13/h3-7,10,12H,8-9H2,1-2H3,(H,17,20). The van der Waals surface area contributed by atoms with Gasteiger partial charge < -0.3 is 10.1 Å². The van der Waals surface area contributed by atoms with Crippen LogP contribution in [0.3, 0.4) is 0 Å². The molecule has 1 N–H and O–H groups in total. The highest BCUT2D eigenvalue weighted by Crippen LogP contribution is 2.02. The van der Waals surface area contributed by atoms with Crippen LogP contribution >= 0.6 is 11.3 Å². The number of hydrogen-bond acceptors (Lipinski definition) is 5. The molecule has 0 aliphatic carbocycles. The zero-order valence-electron chi connectivity index (χ0n) is 12.9. The van der Waals surface area contributed by atoms with E-state index in [1.807, 2.05) is 30.3 Å². The lowest BCUT2D eigenvalue weighted by Gasteiger charge is -2.14. The molecule has 1 atom stereocenters. The van der Waals surface area contributed by atoms with E-state index in [0.29, 0.717) is 12.2 Å². The second-order valence-corrected chi connectivity index (χ2v) is 5.89. The van der Waals surface area contributed by atoms with Crippen molar-refractivity contribution in [2.75, 3.05) is 0 Å². The molecular formula is C16H18N2O4S. The van der Waals surface area contributed by atoms with E-state index in [9.17, 15) is 14.4 Å². The van der Waals surface area contributed by atoms with Gasteiger partial charge in [-0.2, -0.15) is 0 Å². The summed E-state index contributed by atoms with van der Waals surface area (Å²) in [6.07, 6.45) is -0.916. The number of nitrogens with one attached hydrogen (secondary N) is 1. The second kappa shape index (κ2) is 7.73. The summed E-state index contributed by atoms with van der Waals surface area (Å²) in [6.45, 7) is 3.41. The van der Waals surface area contributed by atoms with Crippen LogP contribution in [0, 0.1) is 6.92 Å². The first-order chi connectivity index (χ1) is 11.0. The molecule has 0 aliphatic heterocycles. The van der Waals surface area contributed by atoms with Gasteiger partial charge in [-0.25, -0.2) is 0 Å². The van der Waals surface area contributed by atoms with Crippen molar-refractivity contribution in [3.63, 3.8) is 0 Å². The molecule has 7 heteroatoms. The van der Waals surface area contributed by atoms with Crippen molar-refractivity contribution in [2.45, 2.75) is 33.0 Å². The lowest BCUT2D eigenvalue weighted by molar-refractivity contribution is -0.155. The van der Waals surface area contributed by atoms with Gasteiger partial charge in [0.25, 0.3) is 5.91 Å². The summed E-state index contributed by atoms with van der Waals surface area (Å²) in [5, 5.41) is 4.38. The largest absolute Gasteiger partial charge is 0.451 e. The van der Waals surface area contributed by atoms with E-state index in [0.717, 1.165) is 16.9 Å². The summed E-state index contributed by atoms with van der Waals surface area (Å²) >= 11 is 1.02. The number of aromatic nitrogens is 1. The van der Waals surface area contributed by atoms with E-state index in [2.05, 4.69) is 5.32 Å². The Morgan fingerprint density at radius 2 is 2.00 bits per heavy atom. The fourth-order valence-electron chi connectivity index (χ4n) is 1.94. The fraction of sp³-hybridized carbons (Fsp3) is 0.312. The molecule has 2 aromatic rings. The van der Waals surface area contributed by atoms with Crippen molar-refractivity contribution >= 4 is 23.2 Å². The minimum absolute atomic E-state index is 0.190. The van der Waals surface area contributed by atoms with E-state index in [1.165, 1.54) is 11.5 Å². The highest BCUT2D eigenvalue weighted by atomic mass is 32.1. The molecule has 1 amide bonds. The lowest BCUT2D eigenvalue weighted by atomic mass is 10.2. The van der Waals surface area contributed by atoms with Crippen molar-refractivity contribution in [1.82, 2.24) is 9.88 Å². The molecule has 0 spiro atoms. The number of aryl methyl sites for hydroxylation is 1. The number of hydrogen-bond donors (Lipinski definition) is 1. The molecule has 122 valence electrons. The maximum atomic E-state index is 11.9. The maximum Gasteiger partial charge on any atom is 0.326 e. The zero-order chi connectivity index (χ0) is 16.8. The molecule has 23 heavy (non-hydrogen) atoms. The molecule has 0 saturated carbocycles. The average Bonchev–Trinajstić information content (AvgIpc) is 2.85. The number of rotatable bonds is 6. The monoisotopic (exact) mass is 334 g/mol. The number of amides is 1. The molecule has 6 nitrogen and oxygen atoms in total. The number of nitrogens with zero attached hydrogens (tertiary/aromatic N) is 1. The number of esters is 1. The Kier molecular flexibility index (Phi) is 5.70. The Morgan fingerprint density at radius 1 is 1.30 bits per heavy atom. The van der Waals surface area contributed by atoms with Crippen LogP contribution in [0.15, 0.2) is 40.5 Å². The van der Waals surface area contributed by atoms with Gasteiger partial charge in [0.05, 0.1) is 0 Å². The zero-order valence-corrected chi connectivity index (χ0v) is 13.8. The first-order valence-corrected chi connectivity index (χ1v) is 8.01. The Labute approximate surface area is 137 Å². The molecule has 1 aromatic carbocycles. The average molecular weight is 334 g/mol. The molecule has 1 unspecified atom stereocenters. The van der Waals surface area contributed by atoms with Crippen LogP contribution in [0.2, 0.25) is 0 Å². The molecule has 0 saturated heterocycles. The third kappa shape index (κ3) is 4.79. The van der Waals surface area contributed by atoms with Crippen LogP contribution in [0.5, 0.6) is 0 Å². The van der Waals surface area contributed by atoms with Crippen LogP contribution in [-0.2, 0) is 27.4 Å². The van der Waals surface area contributed by atoms with Crippen molar-refractivity contribution in [3.8, 4) is 0 Å². The van der Waals surface area contributed by atoms with Crippen LogP contribution < -0.4 is 10.2 Å². The van der Waals surface area contributed by atoms with Gasteiger partial charge in [-0.3, -0.25) is 19.0 Å². The Bertz CT molecular complexity index is 736. The number of carbonyl (C=O) groups excluding carboxylic acids is 2. The third-order valence-corrected chi connectivity index (χ3v) is 4.13. The van der Waals surface area contributed by atoms with Gasteiger partial charge in [0, 0.05) is 17.6 Å². The predicted octanol–water partition coefficient (Wildman–Crippen LogP) is 1.47. The van der Waals surface area contributed by atoms with Gasteiger partial charge in [-0.15, -0.1) is 0 Å². The summed E-state index contributed by atoms with van der Waals surface area (Å²) in [5.41, 5.74) is 1.65. The Hall–Kier alpha value is -2.41. The van der Waals surface area contributed by atoms with Crippen LogP contribution in [0.4, 0.5) is 0 Å². The topological polar surface area (TPSA) is 77.4 Å². The summed E-state index contributed by atoms with van der Waals surface area (Å²) in [7, 11) is 0. The van der Waals surface area contributed by atoms with Gasteiger partial charge in [0.15, 0.2) is 6.10 Å². The van der Waals surface area contributed by atoms with E-state index in [4.69, 9.17) is 4.74 Å². The van der Waals surface area contributed by atoms with Gasteiger partial charge >= 0.3 is 10.8 Å². The van der Waals surface area contributed by atoms with Gasteiger partial charge in [-0.05, 0) is 19.4 Å². The number of ether oxygens (including phenoxy) is 1. The molecule has 0 radical (unpaired) electrons. The summed E-state index contributed by atoms with van der Waals surface area (Å²) in [6, 6.07) is 9.44. The lowest BCUT2D eigenvalue weighted by Crippen LogP contribution is -2.36. The first kappa shape index (κ1) is 17.0.